The molecule has 0 saturated carbocycles. The average molecular weight is 285 g/mol. The molecule has 19 heavy (non-hydrogen) atoms. The van der Waals surface area contributed by atoms with Crippen LogP contribution in [-0.2, 0) is 9.53 Å². The van der Waals surface area contributed by atoms with Crippen LogP contribution in [0.4, 0.5) is 0 Å². The maximum Gasteiger partial charge on any atom is 0.224 e. The van der Waals surface area contributed by atoms with Gasteiger partial charge in [0.05, 0.1) is 12.6 Å². The van der Waals surface area contributed by atoms with E-state index in [4.69, 9.17) is 10.5 Å². The third-order valence-electron chi connectivity index (χ3n) is 3.47. The molecule has 2 N–H and O–H groups in total. The predicted octanol–water partition coefficient (Wildman–Crippen LogP) is 1.75. The molecule has 1 aliphatic heterocycles. The number of rotatable bonds is 4. The Balaban J connectivity index is 0.00000180. The summed E-state index contributed by atoms with van der Waals surface area (Å²) in [5.74, 6) is 0.0850. The minimum absolute atomic E-state index is 0. The normalized spacial score (nSPS) is 19.6. The molecule has 1 aliphatic rings. The van der Waals surface area contributed by atoms with Crippen molar-refractivity contribution in [2.45, 2.75) is 24.9 Å². The van der Waals surface area contributed by atoms with Crippen LogP contribution < -0.4 is 5.73 Å². The Hall–Kier alpha value is -1.10. The number of nitrogens with zero attached hydrogens (tertiary/aromatic N) is 1. The number of carbonyl (C=O) groups is 1. The van der Waals surface area contributed by atoms with E-state index >= 15 is 0 Å². The molecule has 5 heteroatoms. The van der Waals surface area contributed by atoms with Gasteiger partial charge in [-0.05, 0) is 12.0 Å². The standard InChI is InChI=1S/C14H20N2O2.ClH/c1-16(12-7-8-18-10-12)14(17)9-13(15)11-5-3-2-4-6-11;/h2-6,12-13H,7-10,15H2,1H3;1H. The van der Waals surface area contributed by atoms with Crippen molar-refractivity contribution in [2.24, 2.45) is 5.73 Å². The third-order valence-corrected chi connectivity index (χ3v) is 3.47. The number of ether oxygens (including phenoxy) is 1. The number of halogens is 1. The predicted molar refractivity (Wildman–Crippen MR) is 77.2 cm³/mol. The van der Waals surface area contributed by atoms with Gasteiger partial charge in [-0.1, -0.05) is 30.3 Å². The van der Waals surface area contributed by atoms with E-state index in [0.29, 0.717) is 13.0 Å². The fourth-order valence-electron chi connectivity index (χ4n) is 2.18. The molecular formula is C14H21ClN2O2. The summed E-state index contributed by atoms with van der Waals surface area (Å²) in [6.45, 7) is 1.38. The first-order valence-corrected chi connectivity index (χ1v) is 6.32. The zero-order chi connectivity index (χ0) is 13.0. The number of amides is 1. The van der Waals surface area contributed by atoms with E-state index in [1.807, 2.05) is 37.4 Å². The zero-order valence-electron chi connectivity index (χ0n) is 11.1. The van der Waals surface area contributed by atoms with Crippen molar-refractivity contribution < 1.29 is 9.53 Å². The van der Waals surface area contributed by atoms with Crippen molar-refractivity contribution in [3.05, 3.63) is 35.9 Å². The van der Waals surface area contributed by atoms with E-state index in [0.717, 1.165) is 18.6 Å². The van der Waals surface area contributed by atoms with Gasteiger partial charge >= 0.3 is 0 Å². The molecule has 0 bridgehead atoms. The number of benzene rings is 1. The van der Waals surface area contributed by atoms with Gasteiger partial charge in [-0.3, -0.25) is 4.79 Å². The van der Waals surface area contributed by atoms with Gasteiger partial charge in [0.15, 0.2) is 0 Å². The van der Waals surface area contributed by atoms with Crippen LogP contribution >= 0.6 is 12.4 Å². The Morgan fingerprint density at radius 3 is 2.74 bits per heavy atom. The summed E-state index contributed by atoms with van der Waals surface area (Å²) in [5, 5.41) is 0. The monoisotopic (exact) mass is 284 g/mol. The SMILES string of the molecule is CN(C(=O)CC(N)c1ccccc1)C1CCOC1.Cl. The Morgan fingerprint density at radius 2 is 2.16 bits per heavy atom. The zero-order valence-corrected chi connectivity index (χ0v) is 11.9. The molecule has 4 nitrogen and oxygen atoms in total. The largest absolute Gasteiger partial charge is 0.379 e. The van der Waals surface area contributed by atoms with Gasteiger partial charge in [-0.2, -0.15) is 0 Å². The average Bonchev–Trinajstić information content (AvgIpc) is 2.92. The van der Waals surface area contributed by atoms with E-state index in [-0.39, 0.29) is 30.4 Å². The fraction of sp³-hybridized carbons (Fsp3) is 0.500. The molecule has 0 aliphatic carbocycles. The summed E-state index contributed by atoms with van der Waals surface area (Å²) in [6.07, 6.45) is 1.26. The van der Waals surface area contributed by atoms with Crippen molar-refractivity contribution in [1.82, 2.24) is 4.90 Å². The summed E-state index contributed by atoms with van der Waals surface area (Å²) in [6, 6.07) is 9.71. The molecule has 2 atom stereocenters. The van der Waals surface area contributed by atoms with Crippen LogP contribution in [0.2, 0.25) is 0 Å². The molecule has 0 radical (unpaired) electrons. The smallest absolute Gasteiger partial charge is 0.224 e. The lowest BCUT2D eigenvalue weighted by molar-refractivity contribution is -0.132. The molecule has 2 unspecified atom stereocenters. The maximum absolute atomic E-state index is 12.1. The van der Waals surface area contributed by atoms with Gasteiger partial charge in [0.25, 0.3) is 0 Å². The highest BCUT2D eigenvalue weighted by Gasteiger charge is 2.25. The van der Waals surface area contributed by atoms with Crippen LogP contribution in [-0.4, -0.2) is 37.1 Å². The lowest BCUT2D eigenvalue weighted by atomic mass is 10.0. The van der Waals surface area contributed by atoms with Gasteiger partial charge in [-0.25, -0.2) is 0 Å². The van der Waals surface area contributed by atoms with Gasteiger partial charge in [-0.15, -0.1) is 12.4 Å². The van der Waals surface area contributed by atoms with Gasteiger partial charge in [0.1, 0.15) is 0 Å². The van der Waals surface area contributed by atoms with Gasteiger partial charge < -0.3 is 15.4 Å². The number of nitrogens with two attached hydrogens (primary N) is 1. The molecule has 1 fully saturated rings. The maximum atomic E-state index is 12.1. The minimum Gasteiger partial charge on any atom is -0.379 e. The molecule has 0 spiro atoms. The number of hydrogen-bond acceptors (Lipinski definition) is 3. The molecule has 1 heterocycles. The first kappa shape index (κ1) is 16.0. The summed E-state index contributed by atoms with van der Waals surface area (Å²) in [4.78, 5) is 13.9. The quantitative estimate of drug-likeness (QED) is 0.916. The molecule has 1 amide bonds. The Bertz CT molecular complexity index is 394. The summed E-state index contributed by atoms with van der Waals surface area (Å²) >= 11 is 0. The van der Waals surface area contributed by atoms with Crippen LogP contribution in [0.1, 0.15) is 24.4 Å². The third kappa shape index (κ3) is 4.20. The Morgan fingerprint density at radius 1 is 1.47 bits per heavy atom. The van der Waals surface area contributed by atoms with Crippen molar-refractivity contribution >= 4 is 18.3 Å². The van der Waals surface area contributed by atoms with E-state index in [1.165, 1.54) is 0 Å². The first-order chi connectivity index (χ1) is 8.68. The van der Waals surface area contributed by atoms with E-state index in [9.17, 15) is 4.79 Å². The highest BCUT2D eigenvalue weighted by molar-refractivity contribution is 5.85. The van der Waals surface area contributed by atoms with Crippen LogP contribution in [0, 0.1) is 0 Å². The van der Waals surface area contributed by atoms with Crippen molar-refractivity contribution in [3.8, 4) is 0 Å². The van der Waals surface area contributed by atoms with Crippen molar-refractivity contribution in [3.63, 3.8) is 0 Å². The molecule has 2 rings (SSSR count). The highest BCUT2D eigenvalue weighted by Crippen LogP contribution is 2.17. The highest BCUT2D eigenvalue weighted by atomic mass is 35.5. The Kier molecular flexibility index (Phi) is 6.28. The fourth-order valence-corrected chi connectivity index (χ4v) is 2.18. The van der Waals surface area contributed by atoms with Crippen LogP contribution in [0.3, 0.4) is 0 Å². The molecular weight excluding hydrogens is 264 g/mol. The Labute approximate surface area is 120 Å². The van der Waals surface area contributed by atoms with E-state index in [2.05, 4.69) is 0 Å². The van der Waals surface area contributed by atoms with Crippen LogP contribution in [0.25, 0.3) is 0 Å². The lowest BCUT2D eigenvalue weighted by Gasteiger charge is -2.24. The van der Waals surface area contributed by atoms with Gasteiger partial charge in [0, 0.05) is 26.1 Å². The molecule has 0 aromatic heterocycles. The van der Waals surface area contributed by atoms with E-state index in [1.54, 1.807) is 4.90 Å². The lowest BCUT2D eigenvalue weighted by Crippen LogP contribution is -2.38. The minimum atomic E-state index is -0.233. The number of carbonyl (C=O) groups excluding carboxylic acids is 1. The topological polar surface area (TPSA) is 55.6 Å². The second kappa shape index (κ2) is 7.48. The molecule has 1 aromatic rings. The summed E-state index contributed by atoms with van der Waals surface area (Å²) in [7, 11) is 1.83. The number of hydrogen-bond donors (Lipinski definition) is 1. The second-order valence-electron chi connectivity index (χ2n) is 4.74. The summed E-state index contributed by atoms with van der Waals surface area (Å²) < 4.78 is 5.29. The molecule has 106 valence electrons. The van der Waals surface area contributed by atoms with Crippen molar-refractivity contribution in [1.29, 1.82) is 0 Å². The van der Waals surface area contributed by atoms with Gasteiger partial charge in [0.2, 0.25) is 5.91 Å². The molecule has 1 aromatic carbocycles. The number of likely N-dealkylation sites (N-methyl/N-ethyl adjacent to an activating group) is 1. The first-order valence-electron chi connectivity index (χ1n) is 6.32. The van der Waals surface area contributed by atoms with Crippen LogP contribution in [0.5, 0.6) is 0 Å². The molecule has 1 saturated heterocycles. The second-order valence-corrected chi connectivity index (χ2v) is 4.74. The summed E-state index contributed by atoms with van der Waals surface area (Å²) in [5.41, 5.74) is 7.06. The van der Waals surface area contributed by atoms with Crippen LogP contribution in [0.15, 0.2) is 30.3 Å². The van der Waals surface area contributed by atoms with E-state index < -0.39 is 0 Å². The van der Waals surface area contributed by atoms with Crippen molar-refractivity contribution in [2.75, 3.05) is 20.3 Å².